The highest BCUT2D eigenvalue weighted by Gasteiger charge is 2.19. The van der Waals surface area contributed by atoms with Gasteiger partial charge in [0.15, 0.2) is 0 Å². The molecule has 0 spiro atoms. The van der Waals surface area contributed by atoms with Crippen LogP contribution in [-0.2, 0) is 12.8 Å². The number of aliphatic hydroxyl groups is 1. The molecule has 112 valence electrons. The van der Waals surface area contributed by atoms with Crippen molar-refractivity contribution < 1.29 is 5.11 Å². The van der Waals surface area contributed by atoms with Gasteiger partial charge in [-0.25, -0.2) is 4.98 Å². The Morgan fingerprint density at radius 2 is 1.91 bits per heavy atom. The normalized spacial score (nSPS) is 15.7. The topological polar surface area (TPSA) is 37.5 Å². The maximum absolute atomic E-state index is 10.2. The van der Waals surface area contributed by atoms with Gasteiger partial charge in [0.25, 0.3) is 0 Å². The van der Waals surface area contributed by atoms with Gasteiger partial charge in [0.2, 0.25) is 0 Å². The molecule has 0 aliphatic heterocycles. The lowest BCUT2D eigenvalue weighted by atomic mass is 9.89. The number of aryl methyl sites for hydroxylation is 2. The van der Waals surface area contributed by atoms with Crippen LogP contribution in [0.15, 0.2) is 42.6 Å². The summed E-state index contributed by atoms with van der Waals surface area (Å²) in [6, 6.07) is 12.6. The number of imidazole rings is 1. The van der Waals surface area contributed by atoms with Gasteiger partial charge in [0, 0.05) is 11.8 Å². The lowest BCUT2D eigenvalue weighted by Crippen LogP contribution is -2.03. The van der Waals surface area contributed by atoms with Crippen LogP contribution < -0.4 is 0 Å². The Hall–Kier alpha value is -2.13. The second kappa shape index (κ2) is 5.25. The van der Waals surface area contributed by atoms with Crippen LogP contribution in [0.1, 0.15) is 42.7 Å². The average Bonchev–Trinajstić information content (AvgIpc) is 2.94. The van der Waals surface area contributed by atoms with Crippen LogP contribution in [0.3, 0.4) is 0 Å². The molecule has 3 nitrogen and oxygen atoms in total. The summed E-state index contributed by atoms with van der Waals surface area (Å²) >= 11 is 0. The van der Waals surface area contributed by atoms with E-state index in [2.05, 4.69) is 18.2 Å². The van der Waals surface area contributed by atoms with E-state index in [9.17, 15) is 5.11 Å². The number of aromatic nitrogens is 2. The highest BCUT2D eigenvalue weighted by molar-refractivity contribution is 5.68. The molecule has 0 saturated carbocycles. The summed E-state index contributed by atoms with van der Waals surface area (Å²) in [6.07, 6.45) is 6.31. The van der Waals surface area contributed by atoms with E-state index >= 15 is 0 Å². The highest BCUT2D eigenvalue weighted by Crippen LogP contribution is 2.32. The van der Waals surface area contributed by atoms with Gasteiger partial charge in [-0.05, 0) is 61.9 Å². The van der Waals surface area contributed by atoms with E-state index in [1.54, 1.807) is 6.92 Å². The van der Waals surface area contributed by atoms with Crippen molar-refractivity contribution in [2.75, 3.05) is 0 Å². The molecule has 4 rings (SSSR count). The number of rotatable bonds is 2. The van der Waals surface area contributed by atoms with Crippen molar-refractivity contribution in [2.24, 2.45) is 0 Å². The molecule has 0 bridgehead atoms. The molecule has 1 unspecified atom stereocenters. The molecule has 2 aromatic heterocycles. The number of nitrogens with zero attached hydrogens (tertiary/aromatic N) is 2. The first-order valence-electron chi connectivity index (χ1n) is 8.01. The number of hydrogen-bond donors (Lipinski definition) is 1. The Morgan fingerprint density at radius 3 is 2.73 bits per heavy atom. The standard InChI is InChI=1S/C19H20N2O/c1-13(22)19-18(20-17-8-4-5-11-21(17)19)16-10-9-14-6-2-3-7-15(14)12-16/h4-5,8-13,22H,2-3,6-7H2,1H3. The molecule has 22 heavy (non-hydrogen) atoms. The van der Waals surface area contributed by atoms with E-state index in [1.165, 1.54) is 30.4 Å². The molecule has 1 aliphatic rings. The minimum Gasteiger partial charge on any atom is -0.387 e. The van der Waals surface area contributed by atoms with Crippen LogP contribution in [-0.4, -0.2) is 14.5 Å². The fourth-order valence-electron chi connectivity index (χ4n) is 3.51. The summed E-state index contributed by atoms with van der Waals surface area (Å²) in [6.45, 7) is 1.80. The van der Waals surface area contributed by atoms with E-state index in [4.69, 9.17) is 4.98 Å². The summed E-state index contributed by atoms with van der Waals surface area (Å²) in [5.74, 6) is 0. The third-order valence-corrected chi connectivity index (χ3v) is 4.58. The summed E-state index contributed by atoms with van der Waals surface area (Å²) in [4.78, 5) is 4.76. The number of benzene rings is 1. The molecule has 3 heteroatoms. The largest absolute Gasteiger partial charge is 0.387 e. The SMILES string of the molecule is CC(O)c1c(-c2ccc3c(c2)CCCC3)nc2ccccn12. The zero-order valence-electron chi connectivity index (χ0n) is 12.8. The van der Waals surface area contributed by atoms with Crippen LogP contribution in [0.5, 0.6) is 0 Å². The Labute approximate surface area is 130 Å². The zero-order valence-corrected chi connectivity index (χ0v) is 12.8. The van der Waals surface area contributed by atoms with Gasteiger partial charge < -0.3 is 9.51 Å². The second-order valence-electron chi connectivity index (χ2n) is 6.14. The van der Waals surface area contributed by atoms with Crippen LogP contribution in [0.25, 0.3) is 16.9 Å². The first-order chi connectivity index (χ1) is 10.7. The fourth-order valence-corrected chi connectivity index (χ4v) is 3.51. The van der Waals surface area contributed by atoms with Crippen molar-refractivity contribution in [3.8, 4) is 11.3 Å². The first kappa shape index (κ1) is 13.5. The minimum absolute atomic E-state index is 0.552. The van der Waals surface area contributed by atoms with Gasteiger partial charge in [-0.1, -0.05) is 18.2 Å². The Kier molecular flexibility index (Phi) is 3.23. The van der Waals surface area contributed by atoms with Crippen molar-refractivity contribution in [3.05, 3.63) is 59.4 Å². The van der Waals surface area contributed by atoms with Crippen molar-refractivity contribution in [1.82, 2.24) is 9.38 Å². The van der Waals surface area contributed by atoms with Crippen LogP contribution >= 0.6 is 0 Å². The third kappa shape index (κ3) is 2.13. The summed E-state index contributed by atoms with van der Waals surface area (Å²) in [5.41, 5.74) is 6.67. The third-order valence-electron chi connectivity index (χ3n) is 4.58. The number of aliphatic hydroxyl groups excluding tert-OH is 1. The van der Waals surface area contributed by atoms with Crippen molar-refractivity contribution >= 4 is 5.65 Å². The smallest absolute Gasteiger partial charge is 0.137 e. The molecule has 0 saturated heterocycles. The van der Waals surface area contributed by atoms with Gasteiger partial charge in [0.05, 0.1) is 17.5 Å². The van der Waals surface area contributed by atoms with E-state index < -0.39 is 6.10 Å². The van der Waals surface area contributed by atoms with Crippen LogP contribution in [0.2, 0.25) is 0 Å². The quantitative estimate of drug-likeness (QED) is 0.777. The van der Waals surface area contributed by atoms with Crippen molar-refractivity contribution in [2.45, 2.75) is 38.7 Å². The lowest BCUT2D eigenvalue weighted by molar-refractivity contribution is 0.194. The second-order valence-corrected chi connectivity index (χ2v) is 6.14. The van der Waals surface area contributed by atoms with Crippen LogP contribution in [0, 0.1) is 0 Å². The summed E-state index contributed by atoms with van der Waals surface area (Å²) in [5, 5.41) is 10.2. The lowest BCUT2D eigenvalue weighted by Gasteiger charge is -2.16. The molecule has 0 amide bonds. The van der Waals surface area contributed by atoms with Crippen molar-refractivity contribution in [1.29, 1.82) is 0 Å². The maximum Gasteiger partial charge on any atom is 0.137 e. The molecule has 3 aromatic rings. The van der Waals surface area contributed by atoms with Gasteiger partial charge >= 0.3 is 0 Å². The minimum atomic E-state index is -0.552. The number of pyridine rings is 1. The highest BCUT2D eigenvalue weighted by atomic mass is 16.3. The molecule has 1 aromatic carbocycles. The molecule has 1 N–H and O–H groups in total. The molecular weight excluding hydrogens is 272 g/mol. The fraction of sp³-hybridized carbons (Fsp3) is 0.316. The molecular formula is C19H20N2O. The summed E-state index contributed by atoms with van der Waals surface area (Å²) in [7, 11) is 0. The van der Waals surface area contributed by atoms with Gasteiger partial charge in [0.1, 0.15) is 5.65 Å². The Morgan fingerprint density at radius 1 is 1.09 bits per heavy atom. The number of hydrogen-bond acceptors (Lipinski definition) is 2. The average molecular weight is 292 g/mol. The van der Waals surface area contributed by atoms with Crippen LogP contribution in [0.4, 0.5) is 0 Å². The molecule has 1 atom stereocenters. The van der Waals surface area contributed by atoms with E-state index in [-0.39, 0.29) is 0 Å². The van der Waals surface area contributed by atoms with E-state index in [1.807, 2.05) is 28.8 Å². The Bertz CT molecular complexity index is 833. The molecule has 0 radical (unpaired) electrons. The van der Waals surface area contributed by atoms with Gasteiger partial charge in [-0.15, -0.1) is 0 Å². The predicted molar refractivity (Wildman–Crippen MR) is 87.9 cm³/mol. The number of fused-ring (bicyclic) bond motifs is 2. The molecule has 0 fully saturated rings. The maximum atomic E-state index is 10.2. The predicted octanol–water partition coefficient (Wildman–Crippen LogP) is 3.93. The van der Waals surface area contributed by atoms with E-state index in [0.717, 1.165) is 29.0 Å². The summed E-state index contributed by atoms with van der Waals surface area (Å²) < 4.78 is 1.99. The van der Waals surface area contributed by atoms with Crippen molar-refractivity contribution in [3.63, 3.8) is 0 Å². The van der Waals surface area contributed by atoms with Gasteiger partial charge in [-0.2, -0.15) is 0 Å². The monoisotopic (exact) mass is 292 g/mol. The Balaban J connectivity index is 1.92. The molecule has 2 heterocycles. The first-order valence-corrected chi connectivity index (χ1v) is 8.01. The van der Waals surface area contributed by atoms with Gasteiger partial charge in [-0.3, -0.25) is 0 Å². The van der Waals surface area contributed by atoms with E-state index in [0.29, 0.717) is 0 Å². The molecule has 1 aliphatic carbocycles. The zero-order chi connectivity index (χ0) is 15.1.